The summed E-state index contributed by atoms with van der Waals surface area (Å²) in [7, 11) is 0. The molecular formula is C8H7BrClF2NO. The minimum atomic E-state index is -3.62. The van der Waals surface area contributed by atoms with Gasteiger partial charge in [-0.15, -0.1) is 0 Å². The molecular weight excluding hydrogens is 279 g/mol. The van der Waals surface area contributed by atoms with Crippen molar-refractivity contribution in [3.05, 3.63) is 28.5 Å². The standard InChI is InChI=1S/C8H7BrClF2NO/c9-5-1-2-6(13-4-5)3-7(14)8(10,11)12/h1-2,4,7,14H,3H2. The average Bonchev–Trinajstić information content (AvgIpc) is 2.07. The molecule has 1 N–H and O–H groups in total. The predicted molar refractivity (Wildman–Crippen MR) is 52.4 cm³/mol. The molecule has 0 aromatic carbocycles. The first-order valence-corrected chi connectivity index (χ1v) is 4.92. The van der Waals surface area contributed by atoms with E-state index in [0.717, 1.165) is 4.47 Å². The monoisotopic (exact) mass is 285 g/mol. The lowest BCUT2D eigenvalue weighted by Gasteiger charge is -2.14. The highest BCUT2D eigenvalue weighted by molar-refractivity contribution is 9.10. The number of hydrogen-bond donors (Lipinski definition) is 1. The Hall–Kier alpha value is -0.260. The van der Waals surface area contributed by atoms with Gasteiger partial charge in [0.2, 0.25) is 0 Å². The molecule has 1 rings (SSSR count). The van der Waals surface area contributed by atoms with Gasteiger partial charge in [0.15, 0.2) is 0 Å². The third-order valence-electron chi connectivity index (χ3n) is 1.57. The van der Waals surface area contributed by atoms with Gasteiger partial charge in [0.1, 0.15) is 6.10 Å². The second kappa shape index (κ2) is 4.51. The normalized spacial score (nSPS) is 14.1. The SMILES string of the molecule is OC(Cc1ccc(Br)cn1)C(F)(F)Cl. The van der Waals surface area contributed by atoms with E-state index >= 15 is 0 Å². The second-order valence-electron chi connectivity index (χ2n) is 2.73. The topological polar surface area (TPSA) is 33.1 Å². The van der Waals surface area contributed by atoms with Gasteiger partial charge in [0, 0.05) is 22.8 Å². The largest absolute Gasteiger partial charge is 0.385 e. The molecule has 1 unspecified atom stereocenters. The Morgan fingerprint density at radius 1 is 1.57 bits per heavy atom. The van der Waals surface area contributed by atoms with Gasteiger partial charge in [-0.25, -0.2) is 0 Å². The molecule has 0 aliphatic carbocycles. The van der Waals surface area contributed by atoms with E-state index in [9.17, 15) is 8.78 Å². The van der Waals surface area contributed by atoms with Gasteiger partial charge in [-0.2, -0.15) is 8.78 Å². The van der Waals surface area contributed by atoms with Gasteiger partial charge < -0.3 is 5.11 Å². The van der Waals surface area contributed by atoms with Crippen molar-refractivity contribution in [2.45, 2.75) is 17.9 Å². The maximum absolute atomic E-state index is 12.4. The summed E-state index contributed by atoms with van der Waals surface area (Å²) in [5, 5.41) is 5.36. The molecule has 6 heteroatoms. The first kappa shape index (κ1) is 11.8. The van der Waals surface area contributed by atoms with Crippen molar-refractivity contribution in [2.24, 2.45) is 0 Å². The quantitative estimate of drug-likeness (QED) is 0.866. The fraction of sp³-hybridized carbons (Fsp3) is 0.375. The third-order valence-corrected chi connectivity index (χ3v) is 2.29. The molecule has 2 nitrogen and oxygen atoms in total. The lowest BCUT2D eigenvalue weighted by atomic mass is 10.2. The van der Waals surface area contributed by atoms with Gasteiger partial charge in [-0.3, -0.25) is 4.98 Å². The van der Waals surface area contributed by atoms with E-state index in [0.29, 0.717) is 5.69 Å². The Morgan fingerprint density at radius 2 is 2.21 bits per heavy atom. The molecule has 0 amide bonds. The van der Waals surface area contributed by atoms with Crippen LogP contribution in [0, 0.1) is 0 Å². The molecule has 0 spiro atoms. The van der Waals surface area contributed by atoms with Crippen molar-refractivity contribution < 1.29 is 13.9 Å². The van der Waals surface area contributed by atoms with E-state index in [2.05, 4.69) is 32.5 Å². The fourth-order valence-electron chi connectivity index (χ4n) is 0.841. The summed E-state index contributed by atoms with van der Waals surface area (Å²) in [5.41, 5.74) is 0.362. The van der Waals surface area contributed by atoms with E-state index < -0.39 is 11.5 Å². The summed E-state index contributed by atoms with van der Waals surface area (Å²) in [6, 6.07) is 3.19. The van der Waals surface area contributed by atoms with Gasteiger partial charge in [0.25, 0.3) is 0 Å². The number of aliphatic hydroxyl groups is 1. The number of pyridine rings is 1. The first-order chi connectivity index (χ1) is 6.39. The van der Waals surface area contributed by atoms with Crippen LogP contribution in [0.5, 0.6) is 0 Å². The zero-order valence-electron chi connectivity index (χ0n) is 6.92. The maximum atomic E-state index is 12.4. The molecule has 0 saturated heterocycles. The summed E-state index contributed by atoms with van der Waals surface area (Å²) in [6.45, 7) is 0. The second-order valence-corrected chi connectivity index (χ2v) is 4.15. The van der Waals surface area contributed by atoms with Crippen molar-refractivity contribution in [3.63, 3.8) is 0 Å². The molecule has 0 aliphatic rings. The smallest absolute Gasteiger partial charge is 0.347 e. The van der Waals surface area contributed by atoms with Gasteiger partial charge in [-0.05, 0) is 39.7 Å². The summed E-state index contributed by atoms with van der Waals surface area (Å²) < 4.78 is 25.5. The summed E-state index contributed by atoms with van der Waals surface area (Å²) in [4.78, 5) is 3.83. The molecule has 78 valence electrons. The Labute approximate surface area is 93.0 Å². The van der Waals surface area contributed by atoms with Crippen molar-refractivity contribution in [1.29, 1.82) is 0 Å². The summed E-state index contributed by atoms with van der Waals surface area (Å²) in [5.74, 6) is 0. The Kier molecular flexibility index (Phi) is 3.80. The number of halogens is 4. The van der Waals surface area contributed by atoms with Crippen molar-refractivity contribution >= 4 is 27.5 Å². The Balaban J connectivity index is 2.65. The molecule has 1 aromatic rings. The van der Waals surface area contributed by atoms with Gasteiger partial charge >= 0.3 is 5.38 Å². The number of aliphatic hydroxyl groups excluding tert-OH is 1. The number of rotatable bonds is 3. The molecule has 0 radical (unpaired) electrons. The Bertz CT molecular complexity index is 301. The molecule has 1 atom stereocenters. The van der Waals surface area contributed by atoms with Crippen LogP contribution in [-0.4, -0.2) is 21.6 Å². The van der Waals surface area contributed by atoms with Crippen LogP contribution in [0.4, 0.5) is 8.78 Å². The van der Waals surface area contributed by atoms with E-state index in [1.807, 2.05) is 0 Å². The predicted octanol–water partition coefficient (Wildman–Crippen LogP) is 2.58. The number of alkyl halides is 3. The van der Waals surface area contributed by atoms with E-state index in [1.165, 1.54) is 12.3 Å². The minimum Gasteiger partial charge on any atom is -0.385 e. The first-order valence-electron chi connectivity index (χ1n) is 3.75. The van der Waals surface area contributed by atoms with Gasteiger partial charge in [0.05, 0.1) is 0 Å². The van der Waals surface area contributed by atoms with E-state index in [1.54, 1.807) is 6.07 Å². The number of hydrogen-bond acceptors (Lipinski definition) is 2. The van der Waals surface area contributed by atoms with Crippen LogP contribution in [0.3, 0.4) is 0 Å². The van der Waals surface area contributed by atoms with Crippen LogP contribution in [0.25, 0.3) is 0 Å². The Morgan fingerprint density at radius 3 is 2.64 bits per heavy atom. The zero-order valence-corrected chi connectivity index (χ0v) is 9.26. The maximum Gasteiger partial charge on any atom is 0.347 e. The minimum absolute atomic E-state index is 0.274. The average molecular weight is 287 g/mol. The van der Waals surface area contributed by atoms with Crippen molar-refractivity contribution in [2.75, 3.05) is 0 Å². The van der Waals surface area contributed by atoms with Gasteiger partial charge in [-0.1, -0.05) is 0 Å². The lowest BCUT2D eigenvalue weighted by molar-refractivity contribution is -0.0402. The number of aromatic nitrogens is 1. The van der Waals surface area contributed by atoms with Crippen molar-refractivity contribution in [1.82, 2.24) is 4.98 Å². The molecule has 1 heterocycles. The van der Waals surface area contributed by atoms with Crippen LogP contribution >= 0.6 is 27.5 Å². The van der Waals surface area contributed by atoms with Crippen LogP contribution in [0.1, 0.15) is 5.69 Å². The van der Waals surface area contributed by atoms with Crippen molar-refractivity contribution in [3.8, 4) is 0 Å². The third kappa shape index (κ3) is 3.48. The molecule has 14 heavy (non-hydrogen) atoms. The highest BCUT2D eigenvalue weighted by Gasteiger charge is 2.35. The molecule has 0 aliphatic heterocycles. The van der Waals surface area contributed by atoms with E-state index in [4.69, 9.17) is 5.11 Å². The summed E-state index contributed by atoms with van der Waals surface area (Å²) >= 11 is 7.80. The van der Waals surface area contributed by atoms with Crippen LogP contribution < -0.4 is 0 Å². The molecule has 0 fully saturated rings. The molecule has 1 aromatic heterocycles. The highest BCUT2D eigenvalue weighted by atomic mass is 79.9. The van der Waals surface area contributed by atoms with Crippen LogP contribution in [0.15, 0.2) is 22.8 Å². The number of nitrogens with zero attached hydrogens (tertiary/aromatic N) is 1. The summed E-state index contributed by atoms with van der Waals surface area (Å²) in [6.07, 6.45) is -0.726. The van der Waals surface area contributed by atoms with Crippen LogP contribution in [0.2, 0.25) is 0 Å². The zero-order chi connectivity index (χ0) is 10.8. The highest BCUT2D eigenvalue weighted by Crippen LogP contribution is 2.25. The molecule has 0 saturated carbocycles. The van der Waals surface area contributed by atoms with E-state index in [-0.39, 0.29) is 6.42 Å². The van der Waals surface area contributed by atoms with Crippen LogP contribution in [-0.2, 0) is 6.42 Å². The fourth-order valence-corrected chi connectivity index (χ4v) is 1.15. The lowest BCUT2D eigenvalue weighted by Crippen LogP contribution is -2.29. The molecule has 0 bridgehead atoms.